The van der Waals surface area contributed by atoms with Crippen LogP contribution in [0.1, 0.15) is 0 Å². The Morgan fingerprint density at radius 3 is 1.50 bits per heavy atom. The molecular weight excluding hydrogens is 605 g/mol. The third kappa shape index (κ3) is 4.36. The summed E-state index contributed by atoms with van der Waals surface area (Å²) >= 11 is 0. The van der Waals surface area contributed by atoms with Crippen LogP contribution in [0.15, 0.2) is 194 Å². The van der Waals surface area contributed by atoms with Crippen LogP contribution >= 0.6 is 0 Å². The molecule has 0 spiro atoms. The van der Waals surface area contributed by atoms with Crippen LogP contribution in [0, 0.1) is 0 Å². The number of rotatable bonds is 5. The molecule has 0 saturated carbocycles. The molecule has 0 radical (unpaired) electrons. The lowest BCUT2D eigenvalue weighted by molar-refractivity contribution is 1.19. The van der Waals surface area contributed by atoms with E-state index in [-0.39, 0.29) is 0 Å². The number of nitrogens with zero attached hydrogens (tertiary/aromatic N) is 2. The molecule has 0 atom stereocenters. The molecule has 2 nitrogen and oxygen atoms in total. The average Bonchev–Trinajstić information content (AvgIpc) is 3.54. The van der Waals surface area contributed by atoms with E-state index < -0.39 is 0 Å². The number of aromatic nitrogens is 1. The smallest absolute Gasteiger partial charge is 0.0632 e. The van der Waals surface area contributed by atoms with Gasteiger partial charge in [0, 0.05) is 38.9 Å². The predicted octanol–water partition coefficient (Wildman–Crippen LogP) is 13.4. The molecule has 0 fully saturated rings. The van der Waals surface area contributed by atoms with Gasteiger partial charge in [0.05, 0.1) is 11.0 Å². The summed E-state index contributed by atoms with van der Waals surface area (Å²) in [6, 6.07) is 70.3. The molecule has 0 unspecified atom stereocenters. The fourth-order valence-electron chi connectivity index (χ4n) is 8.03. The monoisotopic (exact) mass is 636 g/mol. The molecule has 1 aromatic heterocycles. The fourth-order valence-corrected chi connectivity index (χ4v) is 8.03. The second-order valence-corrected chi connectivity index (χ2v) is 12.9. The van der Waals surface area contributed by atoms with Crippen LogP contribution in [0.4, 0.5) is 17.1 Å². The highest BCUT2D eigenvalue weighted by Crippen LogP contribution is 2.48. The van der Waals surface area contributed by atoms with Gasteiger partial charge in [0.15, 0.2) is 0 Å². The zero-order valence-corrected chi connectivity index (χ0v) is 27.4. The normalized spacial score (nSPS) is 11.6. The van der Waals surface area contributed by atoms with Crippen molar-refractivity contribution in [2.24, 2.45) is 0 Å². The Bertz CT molecular complexity index is 2810. The molecule has 10 aromatic rings. The second kappa shape index (κ2) is 11.5. The van der Waals surface area contributed by atoms with Crippen LogP contribution in [-0.2, 0) is 0 Å². The summed E-state index contributed by atoms with van der Waals surface area (Å²) in [6.45, 7) is 0. The van der Waals surface area contributed by atoms with E-state index in [0.717, 1.165) is 22.7 Å². The Labute approximate surface area is 290 Å². The minimum atomic E-state index is 1.11. The first kappa shape index (κ1) is 28.4. The molecule has 0 aliphatic carbocycles. The number of benzene rings is 9. The van der Waals surface area contributed by atoms with Gasteiger partial charge in [-0.2, -0.15) is 0 Å². The van der Waals surface area contributed by atoms with E-state index >= 15 is 0 Å². The van der Waals surface area contributed by atoms with Gasteiger partial charge in [-0.3, -0.25) is 0 Å². The first-order chi connectivity index (χ1) is 24.8. The first-order valence-electron chi connectivity index (χ1n) is 17.2. The van der Waals surface area contributed by atoms with Gasteiger partial charge in [-0.05, 0) is 98.7 Å². The molecule has 50 heavy (non-hydrogen) atoms. The Morgan fingerprint density at radius 2 is 0.840 bits per heavy atom. The van der Waals surface area contributed by atoms with Gasteiger partial charge in [0.2, 0.25) is 0 Å². The second-order valence-electron chi connectivity index (χ2n) is 12.9. The molecule has 10 rings (SSSR count). The van der Waals surface area contributed by atoms with E-state index in [0.29, 0.717) is 0 Å². The molecule has 0 saturated heterocycles. The Balaban J connectivity index is 1.38. The number of hydrogen-bond donors (Lipinski definition) is 0. The minimum Gasteiger partial charge on any atom is -0.310 e. The lowest BCUT2D eigenvalue weighted by atomic mass is 9.89. The maximum absolute atomic E-state index is 2.49. The van der Waals surface area contributed by atoms with E-state index in [9.17, 15) is 0 Å². The largest absolute Gasteiger partial charge is 0.310 e. The lowest BCUT2D eigenvalue weighted by Crippen LogP contribution is -2.09. The summed E-state index contributed by atoms with van der Waals surface area (Å²) in [6.07, 6.45) is 0. The Morgan fingerprint density at radius 1 is 0.340 bits per heavy atom. The van der Waals surface area contributed by atoms with E-state index in [1.807, 2.05) is 0 Å². The summed E-state index contributed by atoms with van der Waals surface area (Å²) < 4.78 is 2.49. The fraction of sp³-hybridized carbons (Fsp3) is 0. The van der Waals surface area contributed by atoms with Gasteiger partial charge in [-0.1, -0.05) is 133 Å². The predicted molar refractivity (Wildman–Crippen MR) is 213 cm³/mol. The molecule has 1 heterocycles. The molecular formula is C48H32N2. The van der Waals surface area contributed by atoms with Crippen molar-refractivity contribution in [2.75, 3.05) is 4.90 Å². The zero-order chi connectivity index (χ0) is 33.0. The highest BCUT2D eigenvalue weighted by Gasteiger charge is 2.23. The molecule has 0 aliphatic heterocycles. The SMILES string of the molecule is c1ccc(N(c2ccccc2)c2cccc(-c3cc4c5ccccc5c5ccccc5c4c4c3c3ccccc3n4-c3ccccc3)c2)cc1. The van der Waals surface area contributed by atoms with Gasteiger partial charge in [-0.15, -0.1) is 0 Å². The van der Waals surface area contributed by atoms with Gasteiger partial charge in [0.25, 0.3) is 0 Å². The summed E-state index contributed by atoms with van der Waals surface area (Å²) in [5, 5.41) is 10.1. The van der Waals surface area contributed by atoms with Crippen LogP contribution in [0.3, 0.4) is 0 Å². The minimum absolute atomic E-state index is 1.11. The molecule has 0 amide bonds. The van der Waals surface area contributed by atoms with Crippen molar-refractivity contribution in [1.29, 1.82) is 0 Å². The van der Waals surface area contributed by atoms with Crippen molar-refractivity contribution in [3.8, 4) is 16.8 Å². The highest BCUT2D eigenvalue weighted by molar-refractivity contribution is 6.35. The zero-order valence-electron chi connectivity index (χ0n) is 27.4. The van der Waals surface area contributed by atoms with E-state index in [1.165, 1.54) is 65.3 Å². The number of anilines is 3. The third-order valence-corrected chi connectivity index (χ3v) is 10.1. The van der Waals surface area contributed by atoms with Crippen LogP contribution < -0.4 is 4.90 Å². The summed E-state index contributed by atoms with van der Waals surface area (Å²) in [7, 11) is 0. The van der Waals surface area contributed by atoms with Crippen molar-refractivity contribution >= 4 is 71.2 Å². The maximum atomic E-state index is 2.49. The van der Waals surface area contributed by atoms with Crippen molar-refractivity contribution in [2.45, 2.75) is 0 Å². The molecule has 234 valence electrons. The Hall–Kier alpha value is -6.64. The summed E-state index contributed by atoms with van der Waals surface area (Å²) in [5.74, 6) is 0. The van der Waals surface area contributed by atoms with Crippen LogP contribution in [0.5, 0.6) is 0 Å². The van der Waals surface area contributed by atoms with Gasteiger partial charge >= 0.3 is 0 Å². The van der Waals surface area contributed by atoms with Gasteiger partial charge in [-0.25, -0.2) is 0 Å². The van der Waals surface area contributed by atoms with Crippen LogP contribution in [0.25, 0.3) is 70.9 Å². The molecule has 9 aromatic carbocycles. The number of hydrogen-bond acceptors (Lipinski definition) is 1. The number of para-hydroxylation sites is 4. The molecule has 2 heteroatoms. The lowest BCUT2D eigenvalue weighted by Gasteiger charge is -2.26. The molecule has 0 aliphatic rings. The first-order valence-corrected chi connectivity index (χ1v) is 17.2. The van der Waals surface area contributed by atoms with Gasteiger partial charge in [0.1, 0.15) is 0 Å². The van der Waals surface area contributed by atoms with E-state index in [4.69, 9.17) is 0 Å². The van der Waals surface area contributed by atoms with Crippen LogP contribution in [0.2, 0.25) is 0 Å². The van der Waals surface area contributed by atoms with E-state index in [2.05, 4.69) is 204 Å². The van der Waals surface area contributed by atoms with Gasteiger partial charge < -0.3 is 9.47 Å². The van der Waals surface area contributed by atoms with E-state index in [1.54, 1.807) is 0 Å². The van der Waals surface area contributed by atoms with Crippen molar-refractivity contribution in [3.63, 3.8) is 0 Å². The summed E-state index contributed by atoms with van der Waals surface area (Å²) in [5.41, 5.74) is 9.36. The standard InChI is InChI=1S/C48H32N2/c1-4-18-34(19-5-1)49(35-20-6-2-7-21-35)37-24-16-17-33(31-37)43-32-44-40-27-11-10-25-38(40)39-26-12-13-28-41(39)46(44)48-47(43)42-29-14-15-30-45(42)50(48)36-22-8-3-9-23-36/h1-32H. The van der Waals surface area contributed by atoms with Crippen molar-refractivity contribution in [1.82, 2.24) is 4.57 Å². The topological polar surface area (TPSA) is 8.17 Å². The van der Waals surface area contributed by atoms with Crippen molar-refractivity contribution < 1.29 is 0 Å². The number of fused-ring (bicyclic) bond motifs is 10. The highest BCUT2D eigenvalue weighted by atomic mass is 15.1. The third-order valence-electron chi connectivity index (χ3n) is 10.1. The molecule has 0 N–H and O–H groups in total. The summed E-state index contributed by atoms with van der Waals surface area (Å²) in [4.78, 5) is 2.35. The maximum Gasteiger partial charge on any atom is 0.0632 e. The van der Waals surface area contributed by atoms with Crippen LogP contribution in [-0.4, -0.2) is 4.57 Å². The average molecular weight is 637 g/mol. The Kier molecular flexibility index (Phi) is 6.53. The molecule has 0 bridgehead atoms. The van der Waals surface area contributed by atoms with Crippen molar-refractivity contribution in [3.05, 3.63) is 194 Å². The quantitative estimate of drug-likeness (QED) is 0.171.